The molecule has 0 fully saturated rings. The molecule has 5 heteroatoms. The molecule has 2 aromatic rings. The summed E-state index contributed by atoms with van der Waals surface area (Å²) in [5.74, 6) is 1.67. The van der Waals surface area contributed by atoms with Crippen LogP contribution < -0.4 is 5.56 Å². The van der Waals surface area contributed by atoms with E-state index in [2.05, 4.69) is 17.0 Å². The van der Waals surface area contributed by atoms with Gasteiger partial charge in [-0.3, -0.25) is 9.89 Å². The predicted octanol–water partition coefficient (Wildman–Crippen LogP) is 1.33. The van der Waals surface area contributed by atoms with Gasteiger partial charge in [-0.05, 0) is 6.42 Å². The predicted molar refractivity (Wildman–Crippen MR) is 60.2 cm³/mol. The molecule has 0 amide bonds. The summed E-state index contributed by atoms with van der Waals surface area (Å²) in [5, 5.41) is 2.97. The van der Waals surface area contributed by atoms with Gasteiger partial charge in [0.05, 0.1) is 11.3 Å². The first kappa shape index (κ1) is 9.03. The maximum Gasteiger partial charge on any atom is 0.277 e. The molecule has 0 atom stereocenters. The normalized spacial score (nSPS) is 14.7. The molecule has 0 radical (unpaired) electrons. The quantitative estimate of drug-likeness (QED) is 0.790. The SMILES string of the molecule is CCc1c[nH]n2c(=O)c3c(nc12)CSC3. The van der Waals surface area contributed by atoms with Gasteiger partial charge in [0.25, 0.3) is 5.56 Å². The van der Waals surface area contributed by atoms with Crippen LogP contribution in [0.5, 0.6) is 0 Å². The Hall–Kier alpha value is -1.23. The Morgan fingerprint density at radius 2 is 2.47 bits per heavy atom. The molecule has 78 valence electrons. The lowest BCUT2D eigenvalue weighted by atomic mass is 10.2. The summed E-state index contributed by atoms with van der Waals surface area (Å²) in [6.45, 7) is 2.07. The molecule has 2 aromatic heterocycles. The van der Waals surface area contributed by atoms with Gasteiger partial charge in [0.2, 0.25) is 0 Å². The molecule has 0 saturated carbocycles. The number of aryl methyl sites for hydroxylation is 1. The fourth-order valence-electron chi connectivity index (χ4n) is 1.92. The first-order valence-corrected chi connectivity index (χ1v) is 6.15. The van der Waals surface area contributed by atoms with Crippen molar-refractivity contribution in [2.45, 2.75) is 24.9 Å². The van der Waals surface area contributed by atoms with Crippen molar-refractivity contribution in [3.05, 3.63) is 33.4 Å². The lowest BCUT2D eigenvalue weighted by Crippen LogP contribution is -2.20. The van der Waals surface area contributed by atoms with E-state index >= 15 is 0 Å². The van der Waals surface area contributed by atoms with E-state index in [-0.39, 0.29) is 5.56 Å². The summed E-state index contributed by atoms with van der Waals surface area (Å²) in [6, 6.07) is 0. The van der Waals surface area contributed by atoms with Gasteiger partial charge in [-0.15, -0.1) is 0 Å². The largest absolute Gasteiger partial charge is 0.297 e. The second-order valence-electron chi connectivity index (χ2n) is 3.65. The van der Waals surface area contributed by atoms with Gasteiger partial charge in [0, 0.05) is 23.3 Å². The Kier molecular flexibility index (Phi) is 1.88. The van der Waals surface area contributed by atoms with Crippen LogP contribution >= 0.6 is 11.8 Å². The minimum absolute atomic E-state index is 0.0692. The van der Waals surface area contributed by atoms with Crippen molar-refractivity contribution in [3.8, 4) is 0 Å². The van der Waals surface area contributed by atoms with E-state index in [1.54, 1.807) is 16.3 Å². The number of aromatic nitrogens is 3. The fourth-order valence-corrected chi connectivity index (χ4v) is 2.94. The Labute approximate surface area is 90.7 Å². The van der Waals surface area contributed by atoms with Gasteiger partial charge in [-0.2, -0.15) is 11.8 Å². The topological polar surface area (TPSA) is 50.2 Å². The number of rotatable bonds is 1. The number of thioether (sulfide) groups is 1. The number of hydrogen-bond donors (Lipinski definition) is 1. The summed E-state index contributed by atoms with van der Waals surface area (Å²) < 4.78 is 1.56. The average Bonchev–Trinajstić information content (AvgIpc) is 2.83. The molecule has 1 aliphatic heterocycles. The second-order valence-corrected chi connectivity index (χ2v) is 4.63. The van der Waals surface area contributed by atoms with Crippen molar-refractivity contribution < 1.29 is 0 Å². The second kappa shape index (κ2) is 3.13. The molecule has 0 spiro atoms. The maximum atomic E-state index is 12.0. The molecule has 0 saturated heterocycles. The van der Waals surface area contributed by atoms with Crippen LogP contribution in [0.2, 0.25) is 0 Å². The van der Waals surface area contributed by atoms with E-state index in [0.29, 0.717) is 0 Å². The smallest absolute Gasteiger partial charge is 0.277 e. The number of nitrogens with zero attached hydrogens (tertiary/aromatic N) is 2. The zero-order valence-corrected chi connectivity index (χ0v) is 9.23. The molecule has 3 rings (SSSR count). The number of nitrogens with one attached hydrogen (secondary N) is 1. The van der Waals surface area contributed by atoms with Crippen LogP contribution in [0.3, 0.4) is 0 Å². The van der Waals surface area contributed by atoms with Crippen LogP contribution in [0.1, 0.15) is 23.7 Å². The molecule has 0 aliphatic carbocycles. The third-order valence-electron chi connectivity index (χ3n) is 2.78. The third-order valence-corrected chi connectivity index (χ3v) is 3.75. The molecule has 3 heterocycles. The standard InChI is InChI=1S/C10H11N3OS/c1-2-6-3-11-13-9(6)12-8-5-15-4-7(8)10(13)14/h3,11H,2,4-5H2,1H3. The average molecular weight is 221 g/mol. The number of hydrogen-bond acceptors (Lipinski definition) is 3. The van der Waals surface area contributed by atoms with Crippen molar-refractivity contribution in [2.75, 3.05) is 0 Å². The molecule has 0 aromatic carbocycles. The van der Waals surface area contributed by atoms with Gasteiger partial charge in [-0.1, -0.05) is 6.92 Å². The number of aromatic amines is 1. The highest BCUT2D eigenvalue weighted by Gasteiger charge is 2.19. The van der Waals surface area contributed by atoms with Crippen LogP contribution in [0.4, 0.5) is 0 Å². The highest BCUT2D eigenvalue weighted by molar-refractivity contribution is 7.98. The minimum atomic E-state index is 0.0692. The van der Waals surface area contributed by atoms with Crippen LogP contribution in [0.15, 0.2) is 11.0 Å². The first-order valence-electron chi connectivity index (χ1n) is 4.99. The van der Waals surface area contributed by atoms with Gasteiger partial charge >= 0.3 is 0 Å². The Bertz CT molecular complexity index is 584. The van der Waals surface area contributed by atoms with Crippen molar-refractivity contribution in [2.24, 2.45) is 0 Å². The monoisotopic (exact) mass is 221 g/mol. The zero-order valence-electron chi connectivity index (χ0n) is 8.41. The van der Waals surface area contributed by atoms with Crippen molar-refractivity contribution in [3.63, 3.8) is 0 Å². The van der Waals surface area contributed by atoms with E-state index in [1.165, 1.54) is 0 Å². The van der Waals surface area contributed by atoms with E-state index in [9.17, 15) is 4.79 Å². The maximum absolute atomic E-state index is 12.0. The molecule has 0 bridgehead atoms. The van der Waals surface area contributed by atoms with E-state index in [1.807, 2.05) is 6.20 Å². The van der Waals surface area contributed by atoms with Crippen LogP contribution in [0.25, 0.3) is 5.65 Å². The van der Waals surface area contributed by atoms with Crippen molar-refractivity contribution in [1.29, 1.82) is 0 Å². The Morgan fingerprint density at radius 1 is 1.60 bits per heavy atom. The molecule has 4 nitrogen and oxygen atoms in total. The molecule has 15 heavy (non-hydrogen) atoms. The molecular formula is C10H11N3OS. The van der Waals surface area contributed by atoms with Crippen LogP contribution in [-0.2, 0) is 17.9 Å². The van der Waals surface area contributed by atoms with E-state index in [4.69, 9.17) is 0 Å². The Morgan fingerprint density at radius 3 is 3.27 bits per heavy atom. The number of fused-ring (bicyclic) bond motifs is 2. The highest BCUT2D eigenvalue weighted by atomic mass is 32.2. The van der Waals surface area contributed by atoms with Gasteiger partial charge < -0.3 is 0 Å². The van der Waals surface area contributed by atoms with Gasteiger partial charge in [0.15, 0.2) is 5.65 Å². The van der Waals surface area contributed by atoms with Crippen molar-refractivity contribution in [1.82, 2.24) is 14.6 Å². The minimum Gasteiger partial charge on any atom is -0.297 e. The molecule has 1 aliphatic rings. The summed E-state index contributed by atoms with van der Waals surface area (Å²) in [5.41, 5.74) is 3.80. The fraction of sp³-hybridized carbons (Fsp3) is 0.400. The molecule has 1 N–H and O–H groups in total. The number of H-pyrrole nitrogens is 1. The Balaban J connectivity index is 2.43. The lowest BCUT2D eigenvalue weighted by Gasteiger charge is -1.99. The third kappa shape index (κ3) is 1.16. The summed E-state index contributed by atoms with van der Waals surface area (Å²) in [7, 11) is 0. The van der Waals surface area contributed by atoms with E-state index < -0.39 is 0 Å². The summed E-state index contributed by atoms with van der Waals surface area (Å²) >= 11 is 1.75. The first-order chi connectivity index (χ1) is 7.31. The zero-order chi connectivity index (χ0) is 10.4. The van der Waals surface area contributed by atoms with Crippen LogP contribution in [-0.4, -0.2) is 14.6 Å². The molecule has 0 unspecified atom stereocenters. The summed E-state index contributed by atoms with van der Waals surface area (Å²) in [4.78, 5) is 16.6. The van der Waals surface area contributed by atoms with Gasteiger partial charge in [0.1, 0.15) is 0 Å². The highest BCUT2D eigenvalue weighted by Crippen LogP contribution is 2.26. The van der Waals surface area contributed by atoms with Gasteiger partial charge in [-0.25, -0.2) is 9.50 Å². The summed E-state index contributed by atoms with van der Waals surface area (Å²) in [6.07, 6.45) is 2.76. The van der Waals surface area contributed by atoms with Crippen LogP contribution in [0, 0.1) is 0 Å². The molecular weight excluding hydrogens is 210 g/mol. The lowest BCUT2D eigenvalue weighted by molar-refractivity contribution is 0.873. The van der Waals surface area contributed by atoms with E-state index in [0.717, 1.165) is 40.4 Å². The van der Waals surface area contributed by atoms with Crippen molar-refractivity contribution >= 4 is 17.4 Å².